The molecule has 1 aromatic heterocycles. The van der Waals surface area contributed by atoms with E-state index in [2.05, 4.69) is 34.6 Å². The van der Waals surface area contributed by atoms with Crippen molar-refractivity contribution in [1.29, 1.82) is 0 Å². The van der Waals surface area contributed by atoms with E-state index in [9.17, 15) is 0 Å². The van der Waals surface area contributed by atoms with Crippen molar-refractivity contribution in [2.24, 2.45) is 0 Å². The van der Waals surface area contributed by atoms with E-state index in [0.717, 1.165) is 31.0 Å². The molecule has 0 bridgehead atoms. The fourth-order valence-corrected chi connectivity index (χ4v) is 1.31. The van der Waals surface area contributed by atoms with E-state index >= 15 is 0 Å². The van der Waals surface area contributed by atoms with Gasteiger partial charge in [0.25, 0.3) is 0 Å². The molecule has 1 aromatic rings. The molecule has 84 valence electrons. The Balaban J connectivity index is 2.30. The van der Waals surface area contributed by atoms with Gasteiger partial charge in [-0.3, -0.25) is 0 Å². The average Bonchev–Trinajstić information content (AvgIpc) is 2.24. The van der Waals surface area contributed by atoms with Crippen LogP contribution in [0.2, 0.25) is 0 Å². The highest BCUT2D eigenvalue weighted by Gasteiger charge is 1.95. The lowest BCUT2D eigenvalue weighted by molar-refractivity contribution is 0.405. The zero-order valence-corrected chi connectivity index (χ0v) is 9.75. The molecule has 2 N–H and O–H groups in total. The van der Waals surface area contributed by atoms with Gasteiger partial charge < -0.3 is 15.5 Å². The molecule has 0 saturated heterocycles. The van der Waals surface area contributed by atoms with Crippen LogP contribution >= 0.6 is 0 Å². The Morgan fingerprint density at radius 1 is 1.40 bits per heavy atom. The molecule has 1 heterocycles. The molecule has 0 radical (unpaired) electrons. The highest BCUT2D eigenvalue weighted by molar-refractivity contribution is 5.51. The summed E-state index contributed by atoms with van der Waals surface area (Å²) in [6, 6.07) is 3.99. The monoisotopic (exact) mass is 208 g/mol. The quantitative estimate of drug-likeness (QED) is 0.695. The highest BCUT2D eigenvalue weighted by Crippen LogP contribution is 2.10. The average molecular weight is 208 g/mol. The summed E-state index contributed by atoms with van der Waals surface area (Å²) >= 11 is 0. The second kappa shape index (κ2) is 6.24. The third-order valence-corrected chi connectivity index (χ3v) is 2.13. The van der Waals surface area contributed by atoms with Gasteiger partial charge in [-0.05, 0) is 33.1 Å². The predicted octanol–water partition coefficient (Wildman–Crippen LogP) is 1.49. The van der Waals surface area contributed by atoms with Crippen LogP contribution in [0.1, 0.15) is 6.42 Å². The van der Waals surface area contributed by atoms with Gasteiger partial charge in [-0.2, -0.15) is 0 Å². The lowest BCUT2D eigenvalue weighted by Gasteiger charge is -2.11. The Bertz CT molecular complexity index is 286. The number of hydrogen-bond acceptors (Lipinski definition) is 4. The summed E-state index contributed by atoms with van der Waals surface area (Å²) in [5.41, 5.74) is 1.12. The zero-order valence-electron chi connectivity index (χ0n) is 9.75. The normalized spacial score (nSPS) is 10.4. The van der Waals surface area contributed by atoms with Crippen LogP contribution in [-0.4, -0.2) is 44.1 Å². The molecule has 0 aliphatic carbocycles. The fourth-order valence-electron chi connectivity index (χ4n) is 1.31. The number of hydrogen-bond donors (Lipinski definition) is 2. The SMILES string of the molecule is CNc1cc(NCCCN(C)C)ccn1. The molecule has 4 heteroatoms. The summed E-state index contributed by atoms with van der Waals surface area (Å²) in [6.45, 7) is 2.10. The van der Waals surface area contributed by atoms with E-state index in [0.29, 0.717) is 0 Å². The molecule has 0 aliphatic heterocycles. The maximum absolute atomic E-state index is 4.16. The first-order valence-electron chi connectivity index (χ1n) is 5.25. The lowest BCUT2D eigenvalue weighted by Crippen LogP contribution is -2.16. The van der Waals surface area contributed by atoms with Crippen LogP contribution in [0.5, 0.6) is 0 Å². The van der Waals surface area contributed by atoms with Gasteiger partial charge in [0.15, 0.2) is 0 Å². The Hall–Kier alpha value is -1.29. The van der Waals surface area contributed by atoms with Crippen molar-refractivity contribution < 1.29 is 0 Å². The Kier molecular flexibility index (Phi) is 4.90. The van der Waals surface area contributed by atoms with Crippen molar-refractivity contribution in [3.05, 3.63) is 18.3 Å². The van der Waals surface area contributed by atoms with Gasteiger partial charge in [0, 0.05) is 31.5 Å². The predicted molar refractivity (Wildman–Crippen MR) is 65.4 cm³/mol. The smallest absolute Gasteiger partial charge is 0.127 e. The van der Waals surface area contributed by atoms with Crippen LogP contribution in [0.3, 0.4) is 0 Å². The molecule has 4 nitrogen and oxygen atoms in total. The number of anilines is 2. The first-order chi connectivity index (χ1) is 7.22. The molecule has 0 aromatic carbocycles. The minimum Gasteiger partial charge on any atom is -0.385 e. The number of aromatic nitrogens is 1. The second-order valence-electron chi connectivity index (χ2n) is 3.76. The van der Waals surface area contributed by atoms with Crippen LogP contribution in [0.4, 0.5) is 11.5 Å². The Morgan fingerprint density at radius 3 is 2.87 bits per heavy atom. The third-order valence-electron chi connectivity index (χ3n) is 2.13. The molecule has 0 fully saturated rings. The van der Waals surface area contributed by atoms with Gasteiger partial charge in [-0.15, -0.1) is 0 Å². The Morgan fingerprint density at radius 2 is 2.20 bits per heavy atom. The molecule has 0 saturated carbocycles. The van der Waals surface area contributed by atoms with Gasteiger partial charge in [0.05, 0.1) is 0 Å². The van der Waals surface area contributed by atoms with E-state index in [4.69, 9.17) is 0 Å². The fraction of sp³-hybridized carbons (Fsp3) is 0.545. The summed E-state index contributed by atoms with van der Waals surface area (Å²) in [6.07, 6.45) is 2.95. The summed E-state index contributed by atoms with van der Waals surface area (Å²) in [5, 5.41) is 6.38. The van der Waals surface area contributed by atoms with E-state index in [1.54, 1.807) is 6.20 Å². The maximum atomic E-state index is 4.16. The first-order valence-corrected chi connectivity index (χ1v) is 5.25. The topological polar surface area (TPSA) is 40.2 Å². The molecular weight excluding hydrogens is 188 g/mol. The minimum absolute atomic E-state index is 0.896. The standard InChI is InChI=1S/C11H20N4/c1-12-11-9-10(5-7-14-11)13-6-4-8-15(2)3/h5,7,9H,4,6,8H2,1-3H3,(H2,12,13,14). The van der Waals surface area contributed by atoms with Crippen LogP contribution in [0, 0.1) is 0 Å². The molecule has 0 unspecified atom stereocenters. The molecule has 0 atom stereocenters. The van der Waals surface area contributed by atoms with Crippen molar-refractivity contribution in [2.75, 3.05) is 44.9 Å². The number of pyridine rings is 1. The summed E-state index contributed by atoms with van der Waals surface area (Å²) in [5.74, 6) is 0.896. The van der Waals surface area contributed by atoms with Gasteiger partial charge >= 0.3 is 0 Å². The highest BCUT2D eigenvalue weighted by atomic mass is 15.1. The summed E-state index contributed by atoms with van der Waals surface area (Å²) < 4.78 is 0. The van der Waals surface area contributed by atoms with Gasteiger partial charge in [-0.25, -0.2) is 4.98 Å². The molecule has 0 aliphatic rings. The molecular formula is C11H20N4. The third kappa shape index (κ3) is 4.65. The molecule has 1 rings (SSSR count). The minimum atomic E-state index is 0.896. The molecule has 0 spiro atoms. The van der Waals surface area contributed by atoms with Crippen LogP contribution in [0.15, 0.2) is 18.3 Å². The van der Waals surface area contributed by atoms with Crippen molar-refractivity contribution in [3.8, 4) is 0 Å². The maximum Gasteiger partial charge on any atom is 0.127 e. The summed E-state index contributed by atoms with van der Waals surface area (Å²) in [7, 11) is 6.05. The second-order valence-corrected chi connectivity index (χ2v) is 3.76. The van der Waals surface area contributed by atoms with Crippen molar-refractivity contribution in [2.45, 2.75) is 6.42 Å². The van der Waals surface area contributed by atoms with Crippen molar-refractivity contribution >= 4 is 11.5 Å². The molecule has 15 heavy (non-hydrogen) atoms. The lowest BCUT2D eigenvalue weighted by atomic mass is 10.3. The van der Waals surface area contributed by atoms with Crippen LogP contribution in [0.25, 0.3) is 0 Å². The van der Waals surface area contributed by atoms with Crippen LogP contribution in [-0.2, 0) is 0 Å². The van der Waals surface area contributed by atoms with Gasteiger partial charge in [0.2, 0.25) is 0 Å². The Labute approximate surface area is 91.7 Å². The van der Waals surface area contributed by atoms with Crippen molar-refractivity contribution in [3.63, 3.8) is 0 Å². The van der Waals surface area contributed by atoms with Crippen LogP contribution < -0.4 is 10.6 Å². The first kappa shape index (κ1) is 11.8. The van der Waals surface area contributed by atoms with Gasteiger partial charge in [-0.1, -0.05) is 0 Å². The number of nitrogens with one attached hydrogen (secondary N) is 2. The van der Waals surface area contributed by atoms with Gasteiger partial charge in [0.1, 0.15) is 5.82 Å². The largest absolute Gasteiger partial charge is 0.385 e. The van der Waals surface area contributed by atoms with Crippen molar-refractivity contribution in [1.82, 2.24) is 9.88 Å². The molecule has 0 amide bonds. The zero-order chi connectivity index (χ0) is 11.1. The number of rotatable bonds is 6. The van der Waals surface area contributed by atoms with E-state index in [1.807, 2.05) is 19.2 Å². The van der Waals surface area contributed by atoms with E-state index < -0.39 is 0 Å². The van der Waals surface area contributed by atoms with E-state index in [1.165, 1.54) is 0 Å². The summed E-state index contributed by atoms with van der Waals surface area (Å²) in [4.78, 5) is 6.34. The van der Waals surface area contributed by atoms with E-state index in [-0.39, 0.29) is 0 Å². The number of nitrogens with zero attached hydrogens (tertiary/aromatic N) is 2.